The van der Waals surface area contributed by atoms with Crippen LogP contribution in [0, 0.1) is 23.7 Å². The number of rotatable bonds is 4. The molecule has 2 amide bonds. The van der Waals surface area contributed by atoms with Crippen LogP contribution in [-0.4, -0.2) is 22.9 Å². The van der Waals surface area contributed by atoms with Crippen LogP contribution < -0.4 is 10.9 Å². The summed E-state index contributed by atoms with van der Waals surface area (Å²) >= 11 is 5.78. The van der Waals surface area contributed by atoms with Crippen LogP contribution >= 0.6 is 11.6 Å². The second-order valence-electron chi connectivity index (χ2n) is 6.18. The van der Waals surface area contributed by atoms with Gasteiger partial charge in [0.2, 0.25) is 11.8 Å². The molecule has 1 aromatic carbocycles. The summed E-state index contributed by atoms with van der Waals surface area (Å²) in [6, 6.07) is 6.82. The van der Waals surface area contributed by atoms with Gasteiger partial charge < -0.3 is 5.11 Å². The Kier molecular flexibility index (Phi) is 4.57. The fourth-order valence-electron chi connectivity index (χ4n) is 3.56. The number of allylic oxidation sites excluding steroid dienone is 2. The van der Waals surface area contributed by atoms with E-state index in [1.54, 1.807) is 24.3 Å². The first-order valence-corrected chi connectivity index (χ1v) is 8.08. The lowest BCUT2D eigenvalue weighted by atomic mass is 9.82. The van der Waals surface area contributed by atoms with E-state index >= 15 is 0 Å². The quantitative estimate of drug-likeness (QED) is 0.568. The molecule has 1 aromatic rings. The van der Waals surface area contributed by atoms with Crippen molar-refractivity contribution in [2.45, 2.75) is 12.8 Å². The molecule has 0 saturated heterocycles. The monoisotopic (exact) mass is 348 g/mol. The number of hydrogen-bond donors (Lipinski definition) is 3. The molecule has 2 aliphatic carbocycles. The van der Waals surface area contributed by atoms with Crippen molar-refractivity contribution in [1.82, 2.24) is 10.9 Å². The molecule has 2 aliphatic rings. The van der Waals surface area contributed by atoms with Crippen molar-refractivity contribution in [2.75, 3.05) is 0 Å². The summed E-state index contributed by atoms with van der Waals surface area (Å²) in [6.07, 6.45) is 4.53. The molecule has 3 rings (SSSR count). The molecule has 1 fully saturated rings. The molecule has 24 heavy (non-hydrogen) atoms. The topological polar surface area (TPSA) is 95.5 Å². The van der Waals surface area contributed by atoms with Crippen LogP contribution in [0.4, 0.5) is 0 Å². The van der Waals surface area contributed by atoms with Crippen molar-refractivity contribution in [3.05, 3.63) is 47.0 Å². The lowest BCUT2D eigenvalue weighted by Crippen LogP contribution is -2.48. The van der Waals surface area contributed by atoms with Crippen molar-refractivity contribution in [1.29, 1.82) is 0 Å². The highest BCUT2D eigenvalue weighted by atomic mass is 35.5. The molecule has 0 spiro atoms. The van der Waals surface area contributed by atoms with Gasteiger partial charge in [-0.05, 0) is 36.0 Å². The van der Waals surface area contributed by atoms with Crippen LogP contribution in [0.1, 0.15) is 12.0 Å². The fourth-order valence-corrected chi connectivity index (χ4v) is 3.69. The van der Waals surface area contributed by atoms with Gasteiger partial charge in [0.1, 0.15) is 0 Å². The number of carboxylic acids is 1. The number of hydrazine groups is 1. The van der Waals surface area contributed by atoms with E-state index in [1.165, 1.54) is 0 Å². The number of aliphatic carboxylic acids is 1. The maximum absolute atomic E-state index is 12.3. The van der Waals surface area contributed by atoms with Crippen molar-refractivity contribution < 1.29 is 19.5 Å². The zero-order chi connectivity index (χ0) is 17.3. The van der Waals surface area contributed by atoms with E-state index < -0.39 is 23.7 Å². The zero-order valence-corrected chi connectivity index (χ0v) is 13.5. The Bertz CT molecular complexity index is 701. The van der Waals surface area contributed by atoms with Crippen molar-refractivity contribution in [2.24, 2.45) is 23.7 Å². The Morgan fingerprint density at radius 1 is 1.04 bits per heavy atom. The largest absolute Gasteiger partial charge is 0.481 e. The Morgan fingerprint density at radius 2 is 1.67 bits per heavy atom. The number of carbonyl (C=O) groups is 3. The molecule has 0 heterocycles. The first-order valence-electron chi connectivity index (χ1n) is 7.70. The van der Waals surface area contributed by atoms with E-state index in [1.807, 2.05) is 12.2 Å². The number of carboxylic acid groups (broad SMARTS) is 1. The number of halogens is 1. The molecular weight excluding hydrogens is 332 g/mol. The lowest BCUT2D eigenvalue weighted by molar-refractivity contribution is -0.148. The predicted molar refractivity (Wildman–Crippen MR) is 86.8 cm³/mol. The number of carbonyl (C=O) groups excluding carboxylic acids is 2. The molecule has 4 atom stereocenters. The van der Waals surface area contributed by atoms with Gasteiger partial charge in [0.15, 0.2) is 0 Å². The fraction of sp³-hybridized carbons (Fsp3) is 0.353. The standard InChI is InChI=1S/C17H17ClN2O4/c18-12-5-1-9(2-6-12)7-13(21)19-20-16(22)14-10-3-4-11(8-10)15(14)17(23)24/h1-6,10-11,14-15H,7-8H2,(H,19,21)(H,20,22)(H,23,24)/t10-,11+,14-,15+/m1/s1. The highest BCUT2D eigenvalue weighted by molar-refractivity contribution is 6.30. The first-order chi connectivity index (χ1) is 11.5. The van der Waals surface area contributed by atoms with Gasteiger partial charge in [-0.1, -0.05) is 35.9 Å². The summed E-state index contributed by atoms with van der Waals surface area (Å²) in [5.74, 6) is -3.36. The Balaban J connectivity index is 1.55. The number of hydrogen-bond acceptors (Lipinski definition) is 3. The summed E-state index contributed by atoms with van der Waals surface area (Å²) in [7, 11) is 0. The summed E-state index contributed by atoms with van der Waals surface area (Å²) in [5, 5.41) is 9.92. The number of nitrogens with one attached hydrogen (secondary N) is 2. The van der Waals surface area contributed by atoms with Gasteiger partial charge in [0.05, 0.1) is 18.3 Å². The maximum Gasteiger partial charge on any atom is 0.307 e. The molecule has 1 saturated carbocycles. The molecule has 2 bridgehead atoms. The number of amides is 2. The van der Waals surface area contributed by atoms with Gasteiger partial charge in [0, 0.05) is 5.02 Å². The average Bonchev–Trinajstić information content (AvgIpc) is 3.15. The predicted octanol–water partition coefficient (Wildman–Crippen LogP) is 1.55. The third-order valence-corrected chi connectivity index (χ3v) is 4.90. The minimum absolute atomic E-state index is 0.0794. The smallest absolute Gasteiger partial charge is 0.307 e. The van der Waals surface area contributed by atoms with Gasteiger partial charge in [-0.3, -0.25) is 25.2 Å². The first kappa shape index (κ1) is 16.5. The normalized spacial score (nSPS) is 27.0. The Labute approximate surface area is 143 Å². The molecule has 0 aliphatic heterocycles. The van der Waals surface area contributed by atoms with Crippen LogP contribution in [-0.2, 0) is 20.8 Å². The summed E-state index contributed by atoms with van der Waals surface area (Å²) in [5.41, 5.74) is 5.48. The molecule has 0 unspecified atom stereocenters. The van der Waals surface area contributed by atoms with E-state index in [4.69, 9.17) is 11.6 Å². The van der Waals surface area contributed by atoms with Gasteiger partial charge in [-0.15, -0.1) is 0 Å². The highest BCUT2D eigenvalue weighted by Gasteiger charge is 2.51. The number of benzene rings is 1. The molecule has 3 N–H and O–H groups in total. The van der Waals surface area contributed by atoms with Gasteiger partial charge in [-0.2, -0.15) is 0 Å². The highest BCUT2D eigenvalue weighted by Crippen LogP contribution is 2.48. The van der Waals surface area contributed by atoms with Crippen LogP contribution in [0.5, 0.6) is 0 Å². The molecule has 7 heteroatoms. The molecular formula is C17H17ClN2O4. The van der Waals surface area contributed by atoms with E-state index in [2.05, 4.69) is 10.9 Å². The van der Waals surface area contributed by atoms with Crippen molar-refractivity contribution in [3.8, 4) is 0 Å². The minimum atomic E-state index is -0.973. The molecule has 0 radical (unpaired) electrons. The van der Waals surface area contributed by atoms with Crippen molar-refractivity contribution >= 4 is 29.4 Å². The van der Waals surface area contributed by atoms with Crippen LogP contribution in [0.3, 0.4) is 0 Å². The third-order valence-electron chi connectivity index (χ3n) is 4.65. The summed E-state index contributed by atoms with van der Waals surface area (Å²) < 4.78 is 0. The Morgan fingerprint density at radius 3 is 2.29 bits per heavy atom. The van der Waals surface area contributed by atoms with E-state index in [9.17, 15) is 19.5 Å². The minimum Gasteiger partial charge on any atom is -0.481 e. The lowest BCUT2D eigenvalue weighted by Gasteiger charge is -2.23. The van der Waals surface area contributed by atoms with E-state index in [0.717, 1.165) is 5.56 Å². The molecule has 6 nitrogen and oxygen atoms in total. The van der Waals surface area contributed by atoms with Crippen LogP contribution in [0.15, 0.2) is 36.4 Å². The van der Waals surface area contributed by atoms with Crippen molar-refractivity contribution in [3.63, 3.8) is 0 Å². The second kappa shape index (κ2) is 6.65. The van der Waals surface area contributed by atoms with Gasteiger partial charge in [0.25, 0.3) is 0 Å². The molecule has 0 aromatic heterocycles. The number of fused-ring (bicyclic) bond motifs is 2. The summed E-state index contributed by atoms with van der Waals surface area (Å²) in [6.45, 7) is 0. The third kappa shape index (κ3) is 3.28. The van der Waals surface area contributed by atoms with E-state index in [0.29, 0.717) is 11.4 Å². The Hall–Kier alpha value is -2.34. The van der Waals surface area contributed by atoms with Crippen LogP contribution in [0.25, 0.3) is 0 Å². The van der Waals surface area contributed by atoms with Crippen LogP contribution in [0.2, 0.25) is 5.02 Å². The summed E-state index contributed by atoms with van der Waals surface area (Å²) in [4.78, 5) is 35.6. The maximum atomic E-state index is 12.3. The zero-order valence-electron chi connectivity index (χ0n) is 12.7. The molecule has 126 valence electrons. The second-order valence-corrected chi connectivity index (χ2v) is 6.62. The van der Waals surface area contributed by atoms with Gasteiger partial charge >= 0.3 is 5.97 Å². The van der Waals surface area contributed by atoms with Gasteiger partial charge in [-0.25, -0.2) is 0 Å². The SMILES string of the molecule is O=C(Cc1ccc(Cl)cc1)NNC(=O)[C@H]1[C@@H](C(=O)O)[C@H]2C=C[C@@H]1C2. The average molecular weight is 349 g/mol. The van der Waals surface area contributed by atoms with E-state index in [-0.39, 0.29) is 24.2 Å².